The molecule has 0 spiro atoms. The van der Waals surface area contributed by atoms with Crippen LogP contribution in [-0.4, -0.2) is 68.9 Å². The third kappa shape index (κ3) is 11.3. The Hall–Kier alpha value is -0.320. The first-order valence-electron chi connectivity index (χ1n) is 7.91. The summed E-state index contributed by atoms with van der Waals surface area (Å²) in [5.41, 5.74) is -3.21. The zero-order valence-electron chi connectivity index (χ0n) is 15.5. The Morgan fingerprint density at radius 2 is 1.11 bits per heavy atom. The van der Waals surface area contributed by atoms with Crippen LogP contribution < -0.4 is 0 Å². The van der Waals surface area contributed by atoms with Crippen LogP contribution in [0.5, 0.6) is 0 Å². The molecule has 0 saturated heterocycles. The molecule has 0 aliphatic heterocycles. The summed E-state index contributed by atoms with van der Waals surface area (Å²) >= 11 is 0. The van der Waals surface area contributed by atoms with Crippen molar-refractivity contribution in [2.45, 2.75) is 50.9 Å². The lowest BCUT2D eigenvalue weighted by Crippen LogP contribution is -2.27. The summed E-state index contributed by atoms with van der Waals surface area (Å²) in [4.78, 5) is 0. The zero-order valence-corrected chi connectivity index (χ0v) is 18.8. The van der Waals surface area contributed by atoms with Gasteiger partial charge < -0.3 is 0 Å². The van der Waals surface area contributed by atoms with Gasteiger partial charge >= 0.3 is 0 Å². The fraction of sp³-hybridized carbons (Fsp3) is 1.00. The van der Waals surface area contributed by atoms with Crippen LogP contribution in [-0.2, 0) is 52.7 Å². The van der Waals surface area contributed by atoms with Crippen LogP contribution >= 0.6 is 0 Å². The SMILES string of the molecule is CCOS(=O)(=O)C(C)OS(=O)(=O)CCCCCS(=O)(=O)OC(C)S(C)(=O)=O. The quantitative estimate of drug-likeness (QED) is 0.245. The molecular formula is C12H26O11S4. The van der Waals surface area contributed by atoms with E-state index in [2.05, 4.69) is 12.5 Å². The molecule has 11 nitrogen and oxygen atoms in total. The molecule has 27 heavy (non-hydrogen) atoms. The maximum Gasteiger partial charge on any atom is 0.295 e. The van der Waals surface area contributed by atoms with E-state index in [0.717, 1.165) is 20.1 Å². The molecule has 0 aliphatic rings. The summed E-state index contributed by atoms with van der Waals surface area (Å²) < 4.78 is 106. The molecule has 0 radical (unpaired) electrons. The summed E-state index contributed by atoms with van der Waals surface area (Å²) in [5.74, 6) is -0.998. The molecule has 0 rings (SSSR count). The van der Waals surface area contributed by atoms with Gasteiger partial charge in [-0.1, -0.05) is 6.42 Å². The van der Waals surface area contributed by atoms with E-state index in [1.54, 1.807) is 0 Å². The van der Waals surface area contributed by atoms with Gasteiger partial charge in [0, 0.05) is 6.26 Å². The van der Waals surface area contributed by atoms with Crippen LogP contribution in [0, 0.1) is 0 Å². The highest BCUT2D eigenvalue weighted by molar-refractivity contribution is 7.92. The van der Waals surface area contributed by atoms with Gasteiger partial charge in [0.25, 0.3) is 30.4 Å². The van der Waals surface area contributed by atoms with E-state index in [1.807, 2.05) is 0 Å². The standard InChI is InChI=1S/C12H26O11S4/c1-5-21-27(19,20)12(3)23-26(17,18)10-8-6-7-9-25(15,16)22-11(2)24(4,13)14/h11-12H,5-10H2,1-4H3. The molecule has 0 N–H and O–H groups in total. The summed E-state index contributed by atoms with van der Waals surface area (Å²) in [5, 5.41) is 0. The second-order valence-electron chi connectivity index (χ2n) is 5.64. The molecule has 0 fully saturated rings. The van der Waals surface area contributed by atoms with E-state index < -0.39 is 62.6 Å². The maximum atomic E-state index is 11.8. The Kier molecular flexibility index (Phi) is 10.3. The Morgan fingerprint density at radius 1 is 0.704 bits per heavy atom. The fourth-order valence-electron chi connectivity index (χ4n) is 1.62. The Balaban J connectivity index is 4.41. The molecule has 0 aromatic carbocycles. The second kappa shape index (κ2) is 10.5. The lowest BCUT2D eigenvalue weighted by molar-refractivity contribution is 0.251. The molecule has 2 atom stereocenters. The lowest BCUT2D eigenvalue weighted by atomic mass is 10.3. The fourth-order valence-corrected chi connectivity index (χ4v) is 5.95. The van der Waals surface area contributed by atoms with Crippen molar-refractivity contribution in [2.75, 3.05) is 24.4 Å². The molecular weight excluding hydrogens is 448 g/mol. The predicted molar refractivity (Wildman–Crippen MR) is 97.9 cm³/mol. The minimum Gasteiger partial charge on any atom is -0.268 e. The van der Waals surface area contributed by atoms with Crippen LogP contribution in [0.2, 0.25) is 0 Å². The first kappa shape index (κ1) is 26.7. The van der Waals surface area contributed by atoms with Gasteiger partial charge in [-0.3, -0.25) is 8.37 Å². The highest BCUT2D eigenvalue weighted by Crippen LogP contribution is 2.13. The molecule has 15 heteroatoms. The van der Waals surface area contributed by atoms with Crippen molar-refractivity contribution in [3.8, 4) is 0 Å². The number of sulfone groups is 1. The van der Waals surface area contributed by atoms with Gasteiger partial charge in [-0.2, -0.15) is 25.3 Å². The molecule has 0 aromatic rings. The molecule has 0 amide bonds. The van der Waals surface area contributed by atoms with Gasteiger partial charge in [-0.25, -0.2) is 12.6 Å². The van der Waals surface area contributed by atoms with Crippen molar-refractivity contribution >= 4 is 40.2 Å². The van der Waals surface area contributed by atoms with Crippen molar-refractivity contribution < 1.29 is 46.2 Å². The van der Waals surface area contributed by atoms with Crippen LogP contribution in [0.3, 0.4) is 0 Å². The first-order chi connectivity index (χ1) is 12.0. The smallest absolute Gasteiger partial charge is 0.268 e. The predicted octanol–water partition coefficient (Wildman–Crippen LogP) is -0.0476. The maximum absolute atomic E-state index is 11.8. The van der Waals surface area contributed by atoms with E-state index >= 15 is 0 Å². The molecule has 0 bridgehead atoms. The van der Waals surface area contributed by atoms with Gasteiger partial charge in [-0.05, 0) is 33.6 Å². The number of rotatable bonds is 14. The van der Waals surface area contributed by atoms with Crippen molar-refractivity contribution in [3.63, 3.8) is 0 Å². The van der Waals surface area contributed by atoms with Crippen molar-refractivity contribution in [3.05, 3.63) is 0 Å². The molecule has 164 valence electrons. The third-order valence-corrected chi connectivity index (χ3v) is 8.90. The van der Waals surface area contributed by atoms with E-state index in [4.69, 9.17) is 0 Å². The first-order valence-corrected chi connectivity index (χ1v) is 14.5. The lowest BCUT2D eigenvalue weighted by Gasteiger charge is -2.13. The third-order valence-electron chi connectivity index (χ3n) is 3.14. The van der Waals surface area contributed by atoms with Crippen LogP contribution in [0.15, 0.2) is 0 Å². The van der Waals surface area contributed by atoms with Gasteiger partial charge in [0.1, 0.15) is 0 Å². The number of hydrogen-bond acceptors (Lipinski definition) is 11. The van der Waals surface area contributed by atoms with Crippen molar-refractivity contribution in [2.24, 2.45) is 0 Å². The van der Waals surface area contributed by atoms with Gasteiger partial charge in [0.2, 0.25) is 0 Å². The summed E-state index contributed by atoms with van der Waals surface area (Å²) in [7, 11) is -16.1. The van der Waals surface area contributed by atoms with Crippen LogP contribution in [0.4, 0.5) is 0 Å². The Bertz CT molecular complexity index is 870. The van der Waals surface area contributed by atoms with Gasteiger partial charge in [0.15, 0.2) is 20.7 Å². The minimum absolute atomic E-state index is 0.0148. The van der Waals surface area contributed by atoms with E-state index in [9.17, 15) is 33.7 Å². The summed E-state index contributed by atoms with van der Waals surface area (Å²) in [6, 6.07) is 0. The average molecular weight is 475 g/mol. The molecule has 2 unspecified atom stereocenters. The molecule has 0 aliphatic carbocycles. The minimum atomic E-state index is -4.17. The van der Waals surface area contributed by atoms with Gasteiger partial charge in [0.05, 0.1) is 18.1 Å². The van der Waals surface area contributed by atoms with Crippen LogP contribution in [0.1, 0.15) is 40.0 Å². The van der Waals surface area contributed by atoms with E-state index in [1.165, 1.54) is 6.92 Å². The average Bonchev–Trinajstić information content (AvgIpc) is 2.44. The molecule has 0 saturated carbocycles. The van der Waals surface area contributed by atoms with Crippen LogP contribution in [0.25, 0.3) is 0 Å². The Morgan fingerprint density at radius 3 is 1.48 bits per heavy atom. The van der Waals surface area contributed by atoms with E-state index in [0.29, 0.717) is 0 Å². The van der Waals surface area contributed by atoms with E-state index in [-0.39, 0.29) is 25.9 Å². The van der Waals surface area contributed by atoms with Crippen molar-refractivity contribution in [1.82, 2.24) is 0 Å². The topological polar surface area (TPSA) is 164 Å². The second-order valence-corrected chi connectivity index (χ2v) is 13.3. The summed E-state index contributed by atoms with van der Waals surface area (Å²) in [6.07, 6.45) is 1.04. The highest BCUT2D eigenvalue weighted by Gasteiger charge is 2.28. The highest BCUT2D eigenvalue weighted by atomic mass is 32.2. The van der Waals surface area contributed by atoms with Gasteiger partial charge in [-0.15, -0.1) is 0 Å². The largest absolute Gasteiger partial charge is 0.295 e. The van der Waals surface area contributed by atoms with Crippen molar-refractivity contribution in [1.29, 1.82) is 0 Å². The Labute approximate surface area is 161 Å². The molecule has 0 heterocycles. The zero-order chi connectivity index (χ0) is 21.5. The normalized spacial score (nSPS) is 16.1. The molecule has 0 aromatic heterocycles. The number of hydrogen-bond donors (Lipinski definition) is 0. The number of unbranched alkanes of at least 4 members (excludes halogenated alkanes) is 2. The summed E-state index contributed by atoms with van der Waals surface area (Å²) in [6.45, 7) is 3.38. The monoisotopic (exact) mass is 474 g/mol.